The van der Waals surface area contributed by atoms with Gasteiger partial charge in [-0.1, -0.05) is 30.3 Å². The highest BCUT2D eigenvalue weighted by molar-refractivity contribution is 8.00. The molecule has 2 fully saturated rings. The van der Waals surface area contributed by atoms with E-state index >= 15 is 0 Å². The van der Waals surface area contributed by atoms with E-state index in [4.69, 9.17) is 0 Å². The molecule has 1 spiro atoms. The van der Waals surface area contributed by atoms with Gasteiger partial charge in [0.2, 0.25) is 5.91 Å². The molecule has 0 N–H and O–H groups in total. The molecule has 2 aliphatic heterocycles. The highest BCUT2D eigenvalue weighted by Gasteiger charge is 2.42. The van der Waals surface area contributed by atoms with Crippen molar-refractivity contribution < 1.29 is 4.79 Å². The zero-order valence-electron chi connectivity index (χ0n) is 17.1. The van der Waals surface area contributed by atoms with Crippen LogP contribution >= 0.6 is 11.8 Å². The second-order valence-corrected chi connectivity index (χ2v) is 9.55. The fraction of sp³-hybridized carbons (Fsp3) is 0.500. The summed E-state index contributed by atoms with van der Waals surface area (Å²) in [5.74, 6) is 0.811. The minimum Gasteiger partial charge on any atom is -0.341 e. The zero-order chi connectivity index (χ0) is 19.9. The predicted molar refractivity (Wildman–Crippen MR) is 119 cm³/mol. The quantitative estimate of drug-likeness (QED) is 0.645. The number of aryl methyl sites for hydroxylation is 1. The Hall–Kier alpha value is -1.85. The van der Waals surface area contributed by atoms with Crippen molar-refractivity contribution in [1.29, 1.82) is 0 Å². The fourth-order valence-corrected chi connectivity index (χ4v) is 5.59. The lowest BCUT2D eigenvalue weighted by Gasteiger charge is -2.40. The molecule has 3 heterocycles. The van der Waals surface area contributed by atoms with E-state index < -0.39 is 0 Å². The second-order valence-electron chi connectivity index (χ2n) is 8.51. The molecule has 1 atom stereocenters. The van der Waals surface area contributed by atoms with Gasteiger partial charge in [-0.3, -0.25) is 9.78 Å². The molecule has 4 rings (SSSR count). The first-order valence-electron chi connectivity index (χ1n) is 10.8. The van der Waals surface area contributed by atoms with Crippen molar-refractivity contribution >= 4 is 17.7 Å². The Labute approximate surface area is 178 Å². The van der Waals surface area contributed by atoms with Crippen molar-refractivity contribution in [2.75, 3.05) is 38.5 Å². The Morgan fingerprint density at radius 3 is 2.69 bits per heavy atom. The molecule has 0 radical (unpaired) electrons. The van der Waals surface area contributed by atoms with Gasteiger partial charge in [0.25, 0.3) is 0 Å². The highest BCUT2D eigenvalue weighted by atomic mass is 32.2. The third-order valence-electron chi connectivity index (χ3n) is 6.33. The van der Waals surface area contributed by atoms with Gasteiger partial charge in [-0.25, -0.2) is 0 Å². The lowest BCUT2D eigenvalue weighted by molar-refractivity contribution is -0.127. The van der Waals surface area contributed by atoms with Crippen LogP contribution in [-0.4, -0.2) is 59.2 Å². The summed E-state index contributed by atoms with van der Waals surface area (Å²) in [6.45, 7) is 5.40. The summed E-state index contributed by atoms with van der Waals surface area (Å²) in [5, 5.41) is 0. The molecule has 1 amide bonds. The molecule has 0 unspecified atom stereocenters. The summed E-state index contributed by atoms with van der Waals surface area (Å²) in [7, 11) is 0. The second kappa shape index (κ2) is 9.77. The first-order valence-corrected chi connectivity index (χ1v) is 11.8. The maximum absolute atomic E-state index is 12.7. The van der Waals surface area contributed by atoms with Crippen molar-refractivity contribution in [2.45, 2.75) is 37.0 Å². The van der Waals surface area contributed by atoms with E-state index in [-0.39, 0.29) is 5.91 Å². The van der Waals surface area contributed by atoms with Crippen LogP contribution in [0.4, 0.5) is 0 Å². The number of benzene rings is 1. The Morgan fingerprint density at radius 2 is 1.86 bits per heavy atom. The highest BCUT2D eigenvalue weighted by Crippen LogP contribution is 2.39. The molecule has 0 aliphatic carbocycles. The number of amides is 1. The van der Waals surface area contributed by atoms with E-state index in [1.807, 2.05) is 12.1 Å². The topological polar surface area (TPSA) is 36.4 Å². The summed E-state index contributed by atoms with van der Waals surface area (Å²) in [4.78, 5) is 22.6. The molecule has 2 aromatic rings. The van der Waals surface area contributed by atoms with Crippen molar-refractivity contribution in [3.8, 4) is 0 Å². The van der Waals surface area contributed by atoms with Gasteiger partial charge in [0.05, 0.1) is 5.75 Å². The molecule has 0 bridgehead atoms. The number of carbonyl (C=O) groups is 1. The molecular weight excluding hydrogens is 378 g/mol. The number of carbonyl (C=O) groups excluding carboxylic acids is 1. The monoisotopic (exact) mass is 409 g/mol. The average molecular weight is 410 g/mol. The van der Waals surface area contributed by atoms with Crippen LogP contribution in [0.15, 0.2) is 59.8 Å². The first kappa shape index (κ1) is 20.4. The smallest absolute Gasteiger partial charge is 0.232 e. The van der Waals surface area contributed by atoms with Crippen molar-refractivity contribution in [3.05, 3.63) is 60.4 Å². The standard InChI is InChI=1S/C24H31N3OS/c28-23(18-29-22-9-13-25-14-10-22)27-17-12-24(20-27)11-5-16-26(19-24)15-4-8-21-6-2-1-3-7-21/h1-3,6-7,9-10,13-14H,4-5,8,11-12,15-20H2/t24-/m1/s1. The number of pyridine rings is 1. The molecule has 0 saturated carbocycles. The van der Waals surface area contributed by atoms with Crippen LogP contribution in [0.1, 0.15) is 31.2 Å². The molecule has 5 heteroatoms. The first-order chi connectivity index (χ1) is 14.2. The van der Waals surface area contributed by atoms with Gasteiger partial charge in [-0.05, 0) is 62.9 Å². The van der Waals surface area contributed by atoms with Crippen LogP contribution in [0, 0.1) is 5.41 Å². The summed E-state index contributed by atoms with van der Waals surface area (Å²) >= 11 is 1.62. The van der Waals surface area contributed by atoms with Crippen molar-refractivity contribution in [2.24, 2.45) is 5.41 Å². The van der Waals surface area contributed by atoms with Gasteiger partial charge >= 0.3 is 0 Å². The molecule has 2 aliphatic rings. The predicted octanol–water partition coefficient (Wildman–Crippen LogP) is 4.12. The van der Waals surface area contributed by atoms with Crippen LogP contribution in [-0.2, 0) is 11.2 Å². The largest absolute Gasteiger partial charge is 0.341 e. The molecule has 4 nitrogen and oxygen atoms in total. The van der Waals surface area contributed by atoms with Gasteiger partial charge in [-0.2, -0.15) is 0 Å². The zero-order valence-corrected chi connectivity index (χ0v) is 17.9. The summed E-state index contributed by atoms with van der Waals surface area (Å²) in [6, 6.07) is 14.7. The van der Waals surface area contributed by atoms with Gasteiger partial charge in [0.15, 0.2) is 0 Å². The lowest BCUT2D eigenvalue weighted by atomic mass is 9.79. The number of thioether (sulfide) groups is 1. The SMILES string of the molecule is O=C(CSc1ccncc1)N1CC[C@@]2(CCCN(CCCc3ccccc3)C2)C1. The number of rotatable bonds is 7. The third kappa shape index (κ3) is 5.61. The molecular formula is C24H31N3OS. The Morgan fingerprint density at radius 1 is 1.03 bits per heavy atom. The summed E-state index contributed by atoms with van der Waals surface area (Å²) < 4.78 is 0. The maximum Gasteiger partial charge on any atom is 0.232 e. The fourth-order valence-electron chi connectivity index (χ4n) is 4.80. The third-order valence-corrected chi connectivity index (χ3v) is 7.32. The van der Waals surface area contributed by atoms with Crippen LogP contribution in [0.5, 0.6) is 0 Å². The lowest BCUT2D eigenvalue weighted by Crippen LogP contribution is -2.45. The number of piperidine rings is 1. The van der Waals surface area contributed by atoms with E-state index in [1.165, 1.54) is 37.9 Å². The van der Waals surface area contributed by atoms with Crippen LogP contribution in [0.2, 0.25) is 0 Å². The Balaban J connectivity index is 1.23. The molecule has 154 valence electrons. The van der Waals surface area contributed by atoms with Gasteiger partial charge in [0, 0.05) is 42.3 Å². The Kier molecular flexibility index (Phi) is 6.88. The maximum atomic E-state index is 12.7. The summed E-state index contributed by atoms with van der Waals surface area (Å²) in [5.41, 5.74) is 1.76. The minimum atomic E-state index is 0.282. The molecule has 1 aromatic heterocycles. The normalized spacial score (nSPS) is 22.3. The van der Waals surface area contributed by atoms with Crippen molar-refractivity contribution in [1.82, 2.24) is 14.8 Å². The number of nitrogens with zero attached hydrogens (tertiary/aromatic N) is 3. The van der Waals surface area contributed by atoms with Gasteiger partial charge in [-0.15, -0.1) is 11.8 Å². The summed E-state index contributed by atoms with van der Waals surface area (Å²) in [6.07, 6.45) is 9.63. The molecule has 2 saturated heterocycles. The van der Waals surface area contributed by atoms with E-state index in [0.717, 1.165) is 37.4 Å². The van der Waals surface area contributed by atoms with Crippen LogP contribution < -0.4 is 0 Å². The van der Waals surface area contributed by atoms with Gasteiger partial charge < -0.3 is 9.80 Å². The number of likely N-dealkylation sites (tertiary alicyclic amines) is 2. The van der Waals surface area contributed by atoms with Gasteiger partial charge in [0.1, 0.15) is 0 Å². The number of hydrogen-bond acceptors (Lipinski definition) is 4. The van der Waals surface area contributed by atoms with E-state index in [0.29, 0.717) is 11.2 Å². The van der Waals surface area contributed by atoms with E-state index in [2.05, 4.69) is 45.1 Å². The molecule has 1 aromatic carbocycles. The average Bonchev–Trinajstić information content (AvgIpc) is 3.17. The van der Waals surface area contributed by atoms with E-state index in [1.54, 1.807) is 24.2 Å². The van der Waals surface area contributed by atoms with E-state index in [9.17, 15) is 4.79 Å². The Bertz CT molecular complexity index is 785. The number of aromatic nitrogens is 1. The van der Waals surface area contributed by atoms with Crippen LogP contribution in [0.25, 0.3) is 0 Å². The van der Waals surface area contributed by atoms with Crippen LogP contribution in [0.3, 0.4) is 0 Å². The van der Waals surface area contributed by atoms with Crippen molar-refractivity contribution in [3.63, 3.8) is 0 Å². The molecule has 29 heavy (non-hydrogen) atoms. The number of hydrogen-bond donors (Lipinski definition) is 0. The minimum absolute atomic E-state index is 0.282.